The first-order valence-electron chi connectivity index (χ1n) is 27.2. The van der Waals surface area contributed by atoms with Crippen molar-refractivity contribution < 1.29 is 38.1 Å². The molecule has 4 aliphatic carbocycles. The number of carbonyl (C=O) groups is 4. The first-order valence-corrected chi connectivity index (χ1v) is 27.2. The van der Waals surface area contributed by atoms with Gasteiger partial charge in [-0.3, -0.25) is 19.2 Å². The maximum absolute atomic E-state index is 13.0. The van der Waals surface area contributed by atoms with E-state index in [4.69, 9.17) is 24.2 Å². The molecule has 10 atom stereocenters. The summed E-state index contributed by atoms with van der Waals surface area (Å²) in [6, 6.07) is 16.7. The van der Waals surface area contributed by atoms with Crippen LogP contribution in [0.15, 0.2) is 60.2 Å². The van der Waals surface area contributed by atoms with Gasteiger partial charge in [0.05, 0.1) is 36.7 Å². The summed E-state index contributed by atoms with van der Waals surface area (Å²) in [6.07, 6.45) is 22.0. The van der Waals surface area contributed by atoms with Crippen LogP contribution in [-0.2, 0) is 33.4 Å². The Hall–Kier alpha value is -4.45. The van der Waals surface area contributed by atoms with Crippen LogP contribution in [0.1, 0.15) is 189 Å². The standard InChI is InChI=1S/C60H85NO8/c1-8-45(38-43(5)57(64)66-36-13-9-11-18-55(62)68-49-27-24-47(25-28-49)46-22-20-44(40-61)21-23-46)58(65)67-37-14-10-12-19-56(63)69-50-32-34-59(6)48(39-50)26-29-51-53-31-30-52(42(4)17-15-16-41(2)3)60(53,7)35-33-54(51)59/h20-28,41-43,45,50-54H,8-19,29-39H2,1-7H3. The van der Waals surface area contributed by atoms with E-state index in [1.165, 1.54) is 51.4 Å². The van der Waals surface area contributed by atoms with Crippen LogP contribution in [0.25, 0.3) is 11.1 Å². The largest absolute Gasteiger partial charge is 0.465 e. The number of benzene rings is 2. The number of hydrogen-bond acceptors (Lipinski definition) is 9. The summed E-state index contributed by atoms with van der Waals surface area (Å²) in [5.74, 6) is 3.46. The zero-order chi connectivity index (χ0) is 49.6. The predicted molar refractivity (Wildman–Crippen MR) is 272 cm³/mol. The number of hydrogen-bond donors (Lipinski definition) is 0. The average Bonchev–Trinajstić information content (AvgIpc) is 3.70. The van der Waals surface area contributed by atoms with Gasteiger partial charge in [-0.15, -0.1) is 0 Å². The second-order valence-corrected chi connectivity index (χ2v) is 22.5. The Kier molecular flexibility index (Phi) is 20.0. The lowest BCUT2D eigenvalue weighted by Gasteiger charge is -2.58. The maximum atomic E-state index is 13.0. The summed E-state index contributed by atoms with van der Waals surface area (Å²) in [4.78, 5) is 51.1. The molecule has 0 aromatic heterocycles. The SMILES string of the molecule is CCC(CC(C)C(=O)OCCCCCC(=O)Oc1ccc(-c2ccc(C#N)cc2)cc1)C(=O)OCCCCCC(=O)OC1CCC2(C)C(=CCC3C2CCC2(C)C(C(C)CCCC(C)C)CCC32)C1. The Morgan fingerprint density at radius 1 is 0.725 bits per heavy atom. The van der Waals surface area contributed by atoms with Gasteiger partial charge < -0.3 is 18.9 Å². The molecule has 2 aromatic rings. The van der Waals surface area contributed by atoms with Crippen LogP contribution in [0.2, 0.25) is 0 Å². The van der Waals surface area contributed by atoms with E-state index in [0.717, 1.165) is 72.3 Å². The lowest BCUT2D eigenvalue weighted by molar-refractivity contribution is -0.154. The smallest absolute Gasteiger partial charge is 0.311 e. The molecule has 9 nitrogen and oxygen atoms in total. The Bertz CT molecular complexity index is 2070. The minimum Gasteiger partial charge on any atom is -0.465 e. The van der Waals surface area contributed by atoms with Gasteiger partial charge in [0.25, 0.3) is 0 Å². The summed E-state index contributed by atoms with van der Waals surface area (Å²) in [6.45, 7) is 16.7. The number of carbonyl (C=O) groups excluding carboxylic acids is 4. The molecule has 9 heteroatoms. The Morgan fingerprint density at radius 2 is 1.38 bits per heavy atom. The van der Waals surface area contributed by atoms with Crippen molar-refractivity contribution in [1.29, 1.82) is 5.26 Å². The highest BCUT2D eigenvalue weighted by Gasteiger charge is 2.59. The third-order valence-corrected chi connectivity index (χ3v) is 17.4. The van der Waals surface area contributed by atoms with Crippen molar-refractivity contribution in [3.63, 3.8) is 0 Å². The van der Waals surface area contributed by atoms with Gasteiger partial charge in [0, 0.05) is 19.3 Å². The van der Waals surface area contributed by atoms with Crippen LogP contribution < -0.4 is 4.74 Å². The molecule has 3 fully saturated rings. The number of ether oxygens (including phenoxy) is 4. The minimum atomic E-state index is -0.447. The van der Waals surface area contributed by atoms with E-state index in [-0.39, 0.29) is 48.4 Å². The molecule has 3 saturated carbocycles. The highest BCUT2D eigenvalue weighted by atomic mass is 16.5. The number of nitriles is 1. The van der Waals surface area contributed by atoms with Crippen molar-refractivity contribution in [2.24, 2.45) is 58.2 Å². The van der Waals surface area contributed by atoms with E-state index in [0.29, 0.717) is 74.7 Å². The molecule has 4 aliphatic rings. The number of allylic oxidation sites excluding steroid dienone is 1. The van der Waals surface area contributed by atoms with Gasteiger partial charge in [-0.25, -0.2) is 0 Å². The molecule has 0 heterocycles. The van der Waals surface area contributed by atoms with Gasteiger partial charge in [0.2, 0.25) is 0 Å². The fraction of sp³-hybridized carbons (Fsp3) is 0.683. The van der Waals surface area contributed by atoms with Crippen LogP contribution in [0.4, 0.5) is 0 Å². The van der Waals surface area contributed by atoms with Gasteiger partial charge >= 0.3 is 23.9 Å². The summed E-state index contributed by atoms with van der Waals surface area (Å²) < 4.78 is 22.7. The summed E-state index contributed by atoms with van der Waals surface area (Å²) in [7, 11) is 0. The molecule has 0 bridgehead atoms. The van der Waals surface area contributed by atoms with Crippen molar-refractivity contribution in [3.8, 4) is 22.9 Å². The van der Waals surface area contributed by atoms with Crippen molar-refractivity contribution in [2.75, 3.05) is 13.2 Å². The van der Waals surface area contributed by atoms with Crippen LogP contribution in [0.5, 0.6) is 5.75 Å². The number of rotatable bonds is 25. The normalized spacial score (nSPS) is 26.2. The van der Waals surface area contributed by atoms with Gasteiger partial charge in [-0.05, 0) is 178 Å². The maximum Gasteiger partial charge on any atom is 0.311 e. The molecule has 378 valence electrons. The van der Waals surface area contributed by atoms with E-state index in [1.54, 1.807) is 36.8 Å². The Labute approximate surface area is 415 Å². The van der Waals surface area contributed by atoms with Gasteiger partial charge in [0.1, 0.15) is 11.9 Å². The van der Waals surface area contributed by atoms with E-state index in [2.05, 4.69) is 46.8 Å². The minimum absolute atomic E-state index is 0.0286. The van der Waals surface area contributed by atoms with Crippen LogP contribution in [-0.4, -0.2) is 43.2 Å². The summed E-state index contributed by atoms with van der Waals surface area (Å²) >= 11 is 0. The zero-order valence-electron chi connectivity index (χ0n) is 43.4. The van der Waals surface area contributed by atoms with E-state index >= 15 is 0 Å². The van der Waals surface area contributed by atoms with Crippen LogP contribution >= 0.6 is 0 Å². The Morgan fingerprint density at radius 3 is 2.03 bits per heavy atom. The lowest BCUT2D eigenvalue weighted by Crippen LogP contribution is -2.51. The van der Waals surface area contributed by atoms with Gasteiger partial charge in [-0.2, -0.15) is 5.26 Å². The Balaban J connectivity index is 0.796. The molecule has 69 heavy (non-hydrogen) atoms. The van der Waals surface area contributed by atoms with Gasteiger partial charge in [-0.1, -0.05) is 104 Å². The average molecular weight is 948 g/mol. The third kappa shape index (κ3) is 14.3. The number of nitrogens with zero attached hydrogens (tertiary/aromatic N) is 1. The lowest BCUT2D eigenvalue weighted by atomic mass is 9.47. The fourth-order valence-electron chi connectivity index (χ4n) is 13.3. The summed E-state index contributed by atoms with van der Waals surface area (Å²) in [5.41, 5.74) is 4.81. The summed E-state index contributed by atoms with van der Waals surface area (Å²) in [5, 5.41) is 9.01. The molecule has 2 aromatic carbocycles. The van der Waals surface area contributed by atoms with Crippen molar-refractivity contribution in [3.05, 3.63) is 65.7 Å². The second-order valence-electron chi connectivity index (χ2n) is 22.5. The molecule has 6 rings (SSSR count). The molecule has 0 spiro atoms. The van der Waals surface area contributed by atoms with Gasteiger partial charge in [0.15, 0.2) is 0 Å². The molecule has 0 aliphatic heterocycles. The predicted octanol–water partition coefficient (Wildman–Crippen LogP) is 14.3. The monoisotopic (exact) mass is 948 g/mol. The molecule has 0 saturated heterocycles. The molecular formula is C60H85NO8. The first kappa shape index (κ1) is 53.9. The number of esters is 4. The van der Waals surface area contributed by atoms with Crippen molar-refractivity contribution in [2.45, 2.75) is 189 Å². The van der Waals surface area contributed by atoms with Crippen LogP contribution in [0.3, 0.4) is 0 Å². The van der Waals surface area contributed by atoms with E-state index in [1.807, 2.05) is 31.2 Å². The quantitative estimate of drug-likeness (QED) is 0.0314. The van der Waals surface area contributed by atoms with Crippen LogP contribution in [0, 0.1) is 69.5 Å². The first-order chi connectivity index (χ1) is 33.1. The highest BCUT2D eigenvalue weighted by molar-refractivity contribution is 5.76. The molecule has 0 radical (unpaired) electrons. The number of fused-ring (bicyclic) bond motifs is 5. The van der Waals surface area contributed by atoms with E-state index in [9.17, 15) is 19.2 Å². The third-order valence-electron chi connectivity index (χ3n) is 17.4. The molecule has 0 N–H and O–H groups in total. The molecular weight excluding hydrogens is 863 g/mol. The highest BCUT2D eigenvalue weighted by Crippen LogP contribution is 2.67. The van der Waals surface area contributed by atoms with Crippen molar-refractivity contribution in [1.82, 2.24) is 0 Å². The topological polar surface area (TPSA) is 129 Å². The second kappa shape index (κ2) is 25.6. The zero-order valence-corrected chi connectivity index (χ0v) is 43.4. The van der Waals surface area contributed by atoms with Crippen molar-refractivity contribution >= 4 is 23.9 Å². The fourth-order valence-corrected chi connectivity index (χ4v) is 13.3. The van der Waals surface area contributed by atoms with E-state index < -0.39 is 11.8 Å². The number of unbranched alkanes of at least 4 members (excludes halogenated alkanes) is 4. The molecule has 0 amide bonds. The molecule has 10 unspecified atom stereocenters.